The van der Waals surface area contributed by atoms with Gasteiger partial charge in [0.15, 0.2) is 0 Å². The molecular weight excluding hydrogens is 398 g/mol. The van der Waals surface area contributed by atoms with Gasteiger partial charge < -0.3 is 4.74 Å². The summed E-state index contributed by atoms with van der Waals surface area (Å²) in [5, 5.41) is 0. The minimum absolute atomic E-state index is 0.174. The van der Waals surface area contributed by atoms with Crippen LogP contribution in [0.5, 0.6) is 0 Å². The van der Waals surface area contributed by atoms with Gasteiger partial charge in [-0.2, -0.15) is 0 Å². The third-order valence-electron chi connectivity index (χ3n) is 6.52. The Hall–Kier alpha value is -2.40. The fraction of sp³-hybridized carbons (Fsp3) is 0.556. The van der Waals surface area contributed by atoms with Gasteiger partial charge in [-0.3, -0.25) is 9.80 Å². The van der Waals surface area contributed by atoms with Gasteiger partial charge in [-0.15, -0.1) is 0 Å². The number of hydrogen-bond acceptors (Lipinski definition) is 4. The Morgan fingerprint density at radius 1 is 1.03 bits per heavy atom. The monoisotopic (exact) mass is 435 g/mol. The highest BCUT2D eigenvalue weighted by atomic mass is 16.6. The molecule has 172 valence electrons. The van der Waals surface area contributed by atoms with E-state index in [0.29, 0.717) is 11.9 Å². The maximum atomic E-state index is 13.0. The fourth-order valence-corrected chi connectivity index (χ4v) is 5.02. The Morgan fingerprint density at radius 3 is 2.41 bits per heavy atom. The predicted molar refractivity (Wildman–Crippen MR) is 129 cm³/mol. The molecule has 1 saturated carbocycles. The molecule has 1 aliphatic heterocycles. The Bertz CT molecular complexity index is 870. The molecule has 1 amide bonds. The highest BCUT2D eigenvalue weighted by Crippen LogP contribution is 2.34. The standard InChI is InChI=1S/C27H37N3O2/c1-27(2,3)32-26(31)30(23-13-7-8-14-23)25-17-16-22(19-28-25)24-15-9-10-18-29(24)20-21-11-5-4-6-12-21/h4-6,11-12,16-17,19,23-24H,7-10,13-15,18,20H2,1-3H3/t24-/m0/s1. The van der Waals surface area contributed by atoms with E-state index in [-0.39, 0.29) is 12.1 Å². The fourth-order valence-electron chi connectivity index (χ4n) is 5.02. The molecule has 5 heteroatoms. The van der Waals surface area contributed by atoms with Crippen molar-refractivity contribution < 1.29 is 9.53 Å². The van der Waals surface area contributed by atoms with Crippen LogP contribution in [-0.4, -0.2) is 34.2 Å². The molecule has 0 bridgehead atoms. The van der Waals surface area contributed by atoms with Gasteiger partial charge in [0.25, 0.3) is 0 Å². The van der Waals surface area contributed by atoms with Crippen LogP contribution in [0.15, 0.2) is 48.7 Å². The molecule has 5 nitrogen and oxygen atoms in total. The molecule has 0 radical (unpaired) electrons. The van der Waals surface area contributed by atoms with Crippen molar-refractivity contribution in [3.05, 3.63) is 59.8 Å². The summed E-state index contributed by atoms with van der Waals surface area (Å²) in [4.78, 5) is 22.2. The molecule has 1 atom stereocenters. The number of pyridine rings is 1. The number of benzene rings is 1. The van der Waals surface area contributed by atoms with Crippen molar-refractivity contribution in [1.82, 2.24) is 9.88 Å². The molecule has 1 aliphatic carbocycles. The summed E-state index contributed by atoms with van der Waals surface area (Å²) < 4.78 is 5.74. The molecule has 2 heterocycles. The first-order valence-electron chi connectivity index (χ1n) is 12.2. The van der Waals surface area contributed by atoms with Gasteiger partial charge in [-0.25, -0.2) is 9.78 Å². The second-order valence-corrected chi connectivity index (χ2v) is 10.2. The first-order chi connectivity index (χ1) is 15.4. The van der Waals surface area contributed by atoms with Crippen molar-refractivity contribution in [2.24, 2.45) is 0 Å². The number of carbonyl (C=O) groups is 1. The van der Waals surface area contributed by atoms with Crippen molar-refractivity contribution in [2.75, 3.05) is 11.4 Å². The van der Waals surface area contributed by atoms with Crippen molar-refractivity contribution in [2.45, 2.75) is 89.9 Å². The van der Waals surface area contributed by atoms with Crippen molar-refractivity contribution in [3.63, 3.8) is 0 Å². The summed E-state index contributed by atoms with van der Waals surface area (Å²) >= 11 is 0. The maximum absolute atomic E-state index is 13.0. The van der Waals surface area contributed by atoms with Gasteiger partial charge in [0.05, 0.1) is 0 Å². The van der Waals surface area contributed by atoms with Crippen LogP contribution < -0.4 is 4.90 Å². The summed E-state index contributed by atoms with van der Waals surface area (Å²) in [5.74, 6) is 0.709. The second-order valence-electron chi connectivity index (χ2n) is 10.2. The molecule has 2 aromatic rings. The van der Waals surface area contributed by atoms with E-state index in [4.69, 9.17) is 9.72 Å². The highest BCUT2D eigenvalue weighted by molar-refractivity contribution is 5.87. The summed E-state index contributed by atoms with van der Waals surface area (Å²) in [5.41, 5.74) is 2.06. The van der Waals surface area contributed by atoms with E-state index in [0.717, 1.165) is 45.2 Å². The van der Waals surface area contributed by atoms with Gasteiger partial charge in [-0.05, 0) is 70.2 Å². The molecule has 1 aromatic heterocycles. The lowest BCUT2D eigenvalue weighted by Gasteiger charge is -2.36. The normalized spacial score (nSPS) is 20.3. The molecule has 0 spiro atoms. The number of anilines is 1. The number of aromatic nitrogens is 1. The van der Waals surface area contributed by atoms with Gasteiger partial charge in [0.1, 0.15) is 11.4 Å². The number of hydrogen-bond donors (Lipinski definition) is 0. The Labute approximate surface area is 192 Å². The van der Waals surface area contributed by atoms with E-state index < -0.39 is 5.60 Å². The van der Waals surface area contributed by atoms with E-state index in [1.807, 2.05) is 33.0 Å². The molecular formula is C27H37N3O2. The van der Waals surface area contributed by atoms with Crippen LogP contribution in [0.1, 0.15) is 82.9 Å². The lowest BCUT2D eigenvalue weighted by atomic mass is 9.95. The van der Waals surface area contributed by atoms with Crippen molar-refractivity contribution in [1.29, 1.82) is 0 Å². The number of piperidine rings is 1. The Balaban J connectivity index is 1.53. The largest absolute Gasteiger partial charge is 0.443 e. The minimum atomic E-state index is -0.520. The second kappa shape index (κ2) is 10.0. The smallest absolute Gasteiger partial charge is 0.416 e. The first-order valence-corrected chi connectivity index (χ1v) is 12.2. The number of likely N-dealkylation sites (tertiary alicyclic amines) is 1. The third kappa shape index (κ3) is 5.69. The van der Waals surface area contributed by atoms with E-state index >= 15 is 0 Å². The van der Waals surface area contributed by atoms with Crippen LogP contribution >= 0.6 is 0 Å². The topological polar surface area (TPSA) is 45.7 Å². The van der Waals surface area contributed by atoms with Crippen molar-refractivity contribution in [3.8, 4) is 0 Å². The average Bonchev–Trinajstić information content (AvgIpc) is 3.29. The van der Waals surface area contributed by atoms with Crippen LogP contribution in [0.25, 0.3) is 0 Å². The molecule has 2 fully saturated rings. The van der Waals surface area contributed by atoms with E-state index in [1.54, 1.807) is 4.90 Å². The maximum Gasteiger partial charge on any atom is 0.416 e. The van der Waals surface area contributed by atoms with E-state index in [9.17, 15) is 4.79 Å². The lowest BCUT2D eigenvalue weighted by Crippen LogP contribution is -2.43. The number of amides is 1. The number of ether oxygens (including phenoxy) is 1. The van der Waals surface area contributed by atoms with E-state index in [2.05, 4.69) is 41.3 Å². The first kappa shape index (κ1) is 22.8. The molecule has 0 N–H and O–H groups in total. The Morgan fingerprint density at radius 2 is 1.75 bits per heavy atom. The summed E-state index contributed by atoms with van der Waals surface area (Å²) in [7, 11) is 0. The zero-order valence-electron chi connectivity index (χ0n) is 19.8. The minimum Gasteiger partial charge on any atom is -0.443 e. The van der Waals surface area contributed by atoms with Crippen LogP contribution in [-0.2, 0) is 11.3 Å². The van der Waals surface area contributed by atoms with Gasteiger partial charge >= 0.3 is 6.09 Å². The summed E-state index contributed by atoms with van der Waals surface area (Å²) in [6, 6.07) is 15.4. The summed E-state index contributed by atoms with van der Waals surface area (Å²) in [6.45, 7) is 7.81. The number of nitrogens with zero attached hydrogens (tertiary/aromatic N) is 3. The van der Waals surface area contributed by atoms with Gasteiger partial charge in [0, 0.05) is 24.8 Å². The average molecular weight is 436 g/mol. The summed E-state index contributed by atoms with van der Waals surface area (Å²) in [6.07, 6.45) is 9.64. The molecule has 1 saturated heterocycles. The molecule has 4 rings (SSSR count). The quantitative estimate of drug-likeness (QED) is 0.538. The Kier molecular flexibility index (Phi) is 7.14. The van der Waals surface area contributed by atoms with Gasteiger partial charge in [0.2, 0.25) is 0 Å². The van der Waals surface area contributed by atoms with Crippen LogP contribution in [0.3, 0.4) is 0 Å². The predicted octanol–water partition coefficient (Wildman–Crippen LogP) is 6.49. The van der Waals surface area contributed by atoms with Gasteiger partial charge in [-0.1, -0.05) is 55.7 Å². The highest BCUT2D eigenvalue weighted by Gasteiger charge is 2.33. The van der Waals surface area contributed by atoms with Crippen LogP contribution in [0, 0.1) is 0 Å². The zero-order chi connectivity index (χ0) is 22.6. The molecule has 2 aliphatic rings. The van der Waals surface area contributed by atoms with E-state index in [1.165, 1.54) is 24.0 Å². The van der Waals surface area contributed by atoms with Crippen LogP contribution in [0.4, 0.5) is 10.6 Å². The van der Waals surface area contributed by atoms with Crippen molar-refractivity contribution >= 4 is 11.9 Å². The lowest BCUT2D eigenvalue weighted by molar-refractivity contribution is 0.0564. The molecule has 1 aromatic carbocycles. The molecule has 0 unspecified atom stereocenters. The number of rotatable bonds is 5. The SMILES string of the molecule is CC(C)(C)OC(=O)N(c1ccc([C@@H]2CCCCN2Cc2ccccc2)cn1)C1CCCC1. The van der Waals surface area contributed by atoms with Crippen LogP contribution in [0.2, 0.25) is 0 Å². The zero-order valence-corrected chi connectivity index (χ0v) is 19.8. The third-order valence-corrected chi connectivity index (χ3v) is 6.52. The molecule has 32 heavy (non-hydrogen) atoms. The number of carbonyl (C=O) groups excluding carboxylic acids is 1.